The van der Waals surface area contributed by atoms with Crippen molar-refractivity contribution in [3.63, 3.8) is 0 Å². The van der Waals surface area contributed by atoms with Gasteiger partial charge in [0.1, 0.15) is 0 Å². The Bertz CT molecular complexity index is 661. The molecule has 3 rings (SSSR count). The molecule has 5 nitrogen and oxygen atoms in total. The van der Waals surface area contributed by atoms with Crippen molar-refractivity contribution in [3.8, 4) is 11.5 Å². The van der Waals surface area contributed by atoms with Crippen LogP contribution in [0.15, 0.2) is 36.5 Å². The van der Waals surface area contributed by atoms with Crippen molar-refractivity contribution >= 4 is 5.91 Å². The molecule has 2 aromatic rings. The van der Waals surface area contributed by atoms with Crippen LogP contribution >= 0.6 is 0 Å². The van der Waals surface area contributed by atoms with E-state index >= 15 is 0 Å². The van der Waals surface area contributed by atoms with Crippen LogP contribution in [-0.2, 0) is 6.54 Å². The largest absolute Gasteiger partial charge is 0.454 e. The third-order valence-electron chi connectivity index (χ3n) is 2.92. The number of aromatic nitrogens is 1. The fraction of sp³-hybridized carbons (Fsp3) is 0.143. The number of hydrogen-bond acceptors (Lipinski definition) is 4. The van der Waals surface area contributed by atoms with E-state index in [-0.39, 0.29) is 18.9 Å². The van der Waals surface area contributed by atoms with Gasteiger partial charge in [-0.1, -0.05) is 12.1 Å². The first kappa shape index (κ1) is 12.4. The van der Waals surface area contributed by atoms with Crippen molar-refractivity contribution < 1.29 is 18.7 Å². The SMILES string of the molecule is O=C(NCc1cccc2c1OCO2)c1cccnc1F. The number of carbonyl (C=O) groups is 1. The molecule has 0 unspecified atom stereocenters. The van der Waals surface area contributed by atoms with E-state index in [0.29, 0.717) is 11.5 Å². The van der Waals surface area contributed by atoms with E-state index < -0.39 is 11.9 Å². The molecule has 0 saturated carbocycles. The van der Waals surface area contributed by atoms with Gasteiger partial charge in [-0.3, -0.25) is 4.79 Å². The Morgan fingerprint density at radius 2 is 2.20 bits per heavy atom. The molecule has 102 valence electrons. The van der Waals surface area contributed by atoms with Crippen molar-refractivity contribution in [1.29, 1.82) is 0 Å². The zero-order valence-electron chi connectivity index (χ0n) is 10.4. The zero-order valence-corrected chi connectivity index (χ0v) is 10.4. The molecule has 0 radical (unpaired) electrons. The summed E-state index contributed by atoms with van der Waals surface area (Å²) in [5, 5.41) is 2.63. The molecule has 1 amide bonds. The molecular weight excluding hydrogens is 263 g/mol. The van der Waals surface area contributed by atoms with Gasteiger partial charge in [0.15, 0.2) is 11.5 Å². The molecule has 20 heavy (non-hydrogen) atoms. The van der Waals surface area contributed by atoms with Gasteiger partial charge in [-0.25, -0.2) is 4.98 Å². The summed E-state index contributed by atoms with van der Waals surface area (Å²) in [5.41, 5.74) is 0.690. The first-order valence-electron chi connectivity index (χ1n) is 6.02. The lowest BCUT2D eigenvalue weighted by Gasteiger charge is -2.08. The third-order valence-corrected chi connectivity index (χ3v) is 2.92. The number of amides is 1. The summed E-state index contributed by atoms with van der Waals surface area (Å²) in [6, 6.07) is 8.29. The number of ether oxygens (including phenoxy) is 2. The number of benzene rings is 1. The summed E-state index contributed by atoms with van der Waals surface area (Å²) in [6.07, 6.45) is 1.29. The Morgan fingerprint density at radius 1 is 1.30 bits per heavy atom. The van der Waals surface area contributed by atoms with Crippen LogP contribution in [0.2, 0.25) is 0 Å². The predicted octanol–water partition coefficient (Wildman–Crippen LogP) is 1.88. The van der Waals surface area contributed by atoms with Crippen molar-refractivity contribution in [2.24, 2.45) is 0 Å². The Labute approximate surface area is 114 Å². The lowest BCUT2D eigenvalue weighted by atomic mass is 10.1. The highest BCUT2D eigenvalue weighted by Gasteiger charge is 2.18. The fourth-order valence-electron chi connectivity index (χ4n) is 1.96. The van der Waals surface area contributed by atoms with Crippen LogP contribution in [0.1, 0.15) is 15.9 Å². The maximum Gasteiger partial charge on any atom is 0.256 e. The normalized spacial score (nSPS) is 12.2. The molecule has 0 spiro atoms. The van der Waals surface area contributed by atoms with Gasteiger partial charge in [0, 0.05) is 18.3 Å². The van der Waals surface area contributed by atoms with E-state index in [9.17, 15) is 9.18 Å². The number of hydrogen-bond donors (Lipinski definition) is 1. The van der Waals surface area contributed by atoms with Crippen LogP contribution in [0.3, 0.4) is 0 Å². The number of fused-ring (bicyclic) bond motifs is 1. The Kier molecular flexibility index (Phi) is 3.20. The lowest BCUT2D eigenvalue weighted by Crippen LogP contribution is -2.24. The smallest absolute Gasteiger partial charge is 0.256 e. The minimum atomic E-state index is -0.789. The molecule has 0 fully saturated rings. The maximum absolute atomic E-state index is 13.4. The van der Waals surface area contributed by atoms with Gasteiger partial charge in [-0.05, 0) is 18.2 Å². The topological polar surface area (TPSA) is 60.5 Å². The zero-order chi connectivity index (χ0) is 13.9. The van der Waals surface area contributed by atoms with Gasteiger partial charge in [-0.15, -0.1) is 0 Å². The number of nitrogens with zero attached hydrogens (tertiary/aromatic N) is 1. The first-order chi connectivity index (χ1) is 9.75. The van der Waals surface area contributed by atoms with Crippen LogP contribution in [0, 0.1) is 5.95 Å². The summed E-state index contributed by atoms with van der Waals surface area (Å²) in [5.74, 6) is -0.0567. The molecule has 0 saturated heterocycles. The molecule has 1 aromatic heterocycles. The molecule has 0 atom stereocenters. The van der Waals surface area contributed by atoms with Crippen molar-refractivity contribution in [1.82, 2.24) is 10.3 Å². The van der Waals surface area contributed by atoms with Gasteiger partial charge in [0.05, 0.1) is 5.56 Å². The number of nitrogens with one attached hydrogen (secondary N) is 1. The fourth-order valence-corrected chi connectivity index (χ4v) is 1.96. The number of pyridine rings is 1. The van der Waals surface area contributed by atoms with E-state index in [1.54, 1.807) is 12.1 Å². The number of rotatable bonds is 3. The second kappa shape index (κ2) is 5.16. The van der Waals surface area contributed by atoms with Crippen LogP contribution in [0.4, 0.5) is 4.39 Å². The highest BCUT2D eigenvalue weighted by molar-refractivity contribution is 5.94. The Hall–Kier alpha value is -2.63. The van der Waals surface area contributed by atoms with E-state index in [4.69, 9.17) is 9.47 Å². The Morgan fingerprint density at radius 3 is 3.05 bits per heavy atom. The summed E-state index contributed by atoms with van der Waals surface area (Å²) < 4.78 is 23.9. The van der Waals surface area contributed by atoms with Gasteiger partial charge < -0.3 is 14.8 Å². The molecule has 1 aliphatic rings. The molecular formula is C14H11FN2O3. The standard InChI is InChI=1S/C14H11FN2O3/c15-13-10(4-2-6-16-13)14(18)17-7-9-3-1-5-11-12(9)20-8-19-11/h1-6H,7-8H2,(H,17,18). The number of para-hydroxylation sites is 1. The second-order valence-electron chi connectivity index (χ2n) is 4.18. The minimum absolute atomic E-state index is 0.0859. The Balaban J connectivity index is 1.73. The van der Waals surface area contributed by atoms with Crippen molar-refractivity contribution in [3.05, 3.63) is 53.6 Å². The summed E-state index contributed by atoms with van der Waals surface area (Å²) in [6.45, 7) is 0.386. The monoisotopic (exact) mass is 274 g/mol. The summed E-state index contributed by atoms with van der Waals surface area (Å²) >= 11 is 0. The van der Waals surface area contributed by atoms with Crippen LogP contribution in [0.5, 0.6) is 11.5 Å². The second-order valence-corrected chi connectivity index (χ2v) is 4.18. The average Bonchev–Trinajstić information content (AvgIpc) is 2.94. The van der Waals surface area contributed by atoms with Gasteiger partial charge in [-0.2, -0.15) is 4.39 Å². The first-order valence-corrected chi connectivity index (χ1v) is 6.02. The van der Waals surface area contributed by atoms with E-state index in [0.717, 1.165) is 5.56 Å². The highest BCUT2D eigenvalue weighted by Crippen LogP contribution is 2.35. The number of carbonyl (C=O) groups excluding carboxylic acids is 1. The molecule has 2 heterocycles. The van der Waals surface area contributed by atoms with Crippen LogP contribution < -0.4 is 14.8 Å². The third kappa shape index (κ3) is 2.27. The highest BCUT2D eigenvalue weighted by atomic mass is 19.1. The van der Waals surface area contributed by atoms with E-state index in [1.165, 1.54) is 18.3 Å². The molecule has 0 aliphatic carbocycles. The van der Waals surface area contributed by atoms with Gasteiger partial charge in [0.2, 0.25) is 12.7 Å². The molecule has 0 bridgehead atoms. The molecule has 1 aliphatic heterocycles. The molecule has 1 aromatic carbocycles. The average molecular weight is 274 g/mol. The summed E-state index contributed by atoms with van der Waals surface area (Å²) in [4.78, 5) is 15.3. The van der Waals surface area contributed by atoms with E-state index in [2.05, 4.69) is 10.3 Å². The van der Waals surface area contributed by atoms with E-state index in [1.807, 2.05) is 6.07 Å². The maximum atomic E-state index is 13.4. The van der Waals surface area contributed by atoms with Crippen LogP contribution in [-0.4, -0.2) is 17.7 Å². The van der Waals surface area contributed by atoms with Crippen molar-refractivity contribution in [2.75, 3.05) is 6.79 Å². The van der Waals surface area contributed by atoms with Crippen molar-refractivity contribution in [2.45, 2.75) is 6.54 Å². The lowest BCUT2D eigenvalue weighted by molar-refractivity contribution is 0.0945. The quantitative estimate of drug-likeness (QED) is 0.868. The minimum Gasteiger partial charge on any atom is -0.454 e. The van der Waals surface area contributed by atoms with Crippen LogP contribution in [0.25, 0.3) is 0 Å². The summed E-state index contributed by atoms with van der Waals surface area (Å²) in [7, 11) is 0. The predicted molar refractivity (Wildman–Crippen MR) is 67.9 cm³/mol. The van der Waals surface area contributed by atoms with Gasteiger partial charge in [0.25, 0.3) is 5.91 Å². The molecule has 1 N–H and O–H groups in total. The molecule has 6 heteroatoms. The number of halogens is 1. The van der Waals surface area contributed by atoms with Gasteiger partial charge >= 0.3 is 0 Å².